The van der Waals surface area contributed by atoms with Gasteiger partial charge in [-0.2, -0.15) is 11.3 Å². The summed E-state index contributed by atoms with van der Waals surface area (Å²) in [5, 5.41) is 6.87. The first-order valence-corrected chi connectivity index (χ1v) is 7.98. The van der Waals surface area contributed by atoms with Gasteiger partial charge in [0, 0.05) is 5.02 Å². The molecule has 2 heterocycles. The lowest BCUT2D eigenvalue weighted by Crippen LogP contribution is -2.54. The number of hydrogen-bond acceptors (Lipinski definition) is 4. The highest BCUT2D eigenvalue weighted by Crippen LogP contribution is 2.23. The number of carbonyl (C=O) groups excluding carboxylic acids is 2. The molecular formula is C15H9ClN2O2S2. The van der Waals surface area contributed by atoms with Gasteiger partial charge in [-0.25, -0.2) is 0 Å². The predicted octanol–water partition coefficient (Wildman–Crippen LogP) is 3.23. The van der Waals surface area contributed by atoms with E-state index in [9.17, 15) is 9.59 Å². The van der Waals surface area contributed by atoms with E-state index >= 15 is 0 Å². The lowest BCUT2D eigenvalue weighted by atomic mass is 10.1. The van der Waals surface area contributed by atoms with Gasteiger partial charge in [0.2, 0.25) is 0 Å². The Morgan fingerprint density at radius 2 is 1.91 bits per heavy atom. The van der Waals surface area contributed by atoms with Gasteiger partial charge in [0.15, 0.2) is 5.11 Å². The fourth-order valence-electron chi connectivity index (χ4n) is 2.01. The van der Waals surface area contributed by atoms with Crippen LogP contribution in [-0.2, 0) is 9.59 Å². The Kier molecular flexibility index (Phi) is 4.06. The molecule has 0 bridgehead atoms. The molecule has 1 saturated heterocycles. The molecule has 4 nitrogen and oxygen atoms in total. The van der Waals surface area contributed by atoms with Gasteiger partial charge in [0.25, 0.3) is 11.8 Å². The molecule has 1 aromatic heterocycles. The second-order valence-electron chi connectivity index (χ2n) is 4.49. The van der Waals surface area contributed by atoms with Crippen LogP contribution in [0.1, 0.15) is 5.56 Å². The summed E-state index contributed by atoms with van der Waals surface area (Å²) >= 11 is 12.5. The number of benzene rings is 1. The molecule has 0 spiro atoms. The zero-order chi connectivity index (χ0) is 15.7. The molecule has 1 aliphatic heterocycles. The molecule has 0 saturated carbocycles. The summed E-state index contributed by atoms with van der Waals surface area (Å²) < 4.78 is 0. The molecule has 0 atom stereocenters. The van der Waals surface area contributed by atoms with Gasteiger partial charge in [-0.3, -0.25) is 19.8 Å². The Balaban J connectivity index is 2.01. The SMILES string of the molecule is O=C1NC(=S)N(c2ccc(Cl)cc2)C(=O)C1=Cc1ccsc1. The first kappa shape index (κ1) is 14.9. The van der Waals surface area contributed by atoms with Crippen LogP contribution in [0.25, 0.3) is 6.08 Å². The minimum absolute atomic E-state index is 0.0435. The Bertz CT molecular complexity index is 782. The number of anilines is 1. The van der Waals surface area contributed by atoms with Crippen molar-refractivity contribution in [3.05, 3.63) is 57.3 Å². The third-order valence-electron chi connectivity index (χ3n) is 3.04. The highest BCUT2D eigenvalue weighted by atomic mass is 35.5. The van der Waals surface area contributed by atoms with Crippen molar-refractivity contribution in [1.29, 1.82) is 0 Å². The standard InChI is InChI=1S/C15H9ClN2O2S2/c16-10-1-3-11(4-2-10)18-14(20)12(13(19)17-15(18)21)7-9-5-6-22-8-9/h1-8H,(H,17,19,21). The van der Waals surface area contributed by atoms with Crippen molar-refractivity contribution >= 4 is 63.8 Å². The fourth-order valence-corrected chi connectivity index (χ4v) is 3.03. The van der Waals surface area contributed by atoms with Gasteiger partial charge < -0.3 is 0 Å². The second-order valence-corrected chi connectivity index (χ2v) is 6.09. The molecule has 0 unspecified atom stereocenters. The molecule has 110 valence electrons. The molecule has 2 amide bonds. The summed E-state index contributed by atoms with van der Waals surface area (Å²) in [6.45, 7) is 0. The first-order valence-electron chi connectivity index (χ1n) is 6.25. The Morgan fingerprint density at radius 1 is 1.18 bits per heavy atom. The van der Waals surface area contributed by atoms with Gasteiger partial charge in [0.1, 0.15) is 5.57 Å². The Labute approximate surface area is 141 Å². The number of rotatable bonds is 2. The molecule has 1 aromatic carbocycles. The Morgan fingerprint density at radius 3 is 2.55 bits per heavy atom. The van der Waals surface area contributed by atoms with E-state index < -0.39 is 11.8 Å². The molecule has 22 heavy (non-hydrogen) atoms. The summed E-state index contributed by atoms with van der Waals surface area (Å²) in [4.78, 5) is 26.0. The third kappa shape index (κ3) is 2.81. The minimum atomic E-state index is -0.494. The van der Waals surface area contributed by atoms with E-state index in [0.717, 1.165) is 5.56 Å². The smallest absolute Gasteiger partial charge is 0.270 e. The second kappa shape index (κ2) is 6.00. The molecule has 1 N–H and O–H groups in total. The van der Waals surface area contributed by atoms with Crippen LogP contribution in [0.5, 0.6) is 0 Å². The topological polar surface area (TPSA) is 49.4 Å². The van der Waals surface area contributed by atoms with Crippen molar-refractivity contribution in [3.8, 4) is 0 Å². The van der Waals surface area contributed by atoms with Crippen LogP contribution >= 0.6 is 35.2 Å². The van der Waals surface area contributed by atoms with Crippen molar-refractivity contribution in [2.45, 2.75) is 0 Å². The highest BCUT2D eigenvalue weighted by Gasteiger charge is 2.34. The summed E-state index contributed by atoms with van der Waals surface area (Å²) in [6, 6.07) is 8.49. The zero-order valence-corrected chi connectivity index (χ0v) is 13.5. The number of nitrogens with one attached hydrogen (secondary N) is 1. The van der Waals surface area contributed by atoms with Gasteiger partial charge in [0.05, 0.1) is 5.69 Å². The molecular weight excluding hydrogens is 340 g/mol. The van der Waals surface area contributed by atoms with Crippen molar-refractivity contribution in [2.24, 2.45) is 0 Å². The van der Waals surface area contributed by atoms with Crippen LogP contribution in [0.3, 0.4) is 0 Å². The lowest BCUT2D eigenvalue weighted by Gasteiger charge is -2.28. The average molecular weight is 349 g/mol. The molecule has 7 heteroatoms. The van der Waals surface area contributed by atoms with E-state index in [0.29, 0.717) is 10.7 Å². The summed E-state index contributed by atoms with van der Waals surface area (Å²) in [5.41, 5.74) is 1.39. The molecule has 1 aliphatic rings. The minimum Gasteiger partial charge on any atom is -0.298 e. The number of thiophene rings is 1. The van der Waals surface area contributed by atoms with Gasteiger partial charge >= 0.3 is 0 Å². The maximum atomic E-state index is 12.6. The fraction of sp³-hybridized carbons (Fsp3) is 0. The summed E-state index contributed by atoms with van der Waals surface area (Å²) in [6.07, 6.45) is 1.55. The van der Waals surface area contributed by atoms with Crippen LogP contribution in [0, 0.1) is 0 Å². The van der Waals surface area contributed by atoms with E-state index in [4.69, 9.17) is 23.8 Å². The number of carbonyl (C=O) groups is 2. The summed E-state index contributed by atoms with van der Waals surface area (Å²) in [5.74, 6) is -0.950. The van der Waals surface area contributed by atoms with Crippen molar-refractivity contribution < 1.29 is 9.59 Å². The van der Waals surface area contributed by atoms with Crippen LogP contribution in [0.15, 0.2) is 46.7 Å². The maximum absolute atomic E-state index is 12.6. The number of halogens is 1. The predicted molar refractivity (Wildman–Crippen MR) is 92.0 cm³/mol. The average Bonchev–Trinajstić information content (AvgIpc) is 2.98. The van der Waals surface area contributed by atoms with Crippen LogP contribution in [0.4, 0.5) is 5.69 Å². The quantitative estimate of drug-likeness (QED) is 0.515. The lowest BCUT2D eigenvalue weighted by molar-refractivity contribution is -0.122. The highest BCUT2D eigenvalue weighted by molar-refractivity contribution is 7.80. The maximum Gasteiger partial charge on any atom is 0.270 e. The van der Waals surface area contributed by atoms with Gasteiger partial charge in [-0.1, -0.05) is 11.6 Å². The molecule has 2 aromatic rings. The molecule has 0 radical (unpaired) electrons. The van der Waals surface area contributed by atoms with E-state index in [1.807, 2.05) is 16.8 Å². The third-order valence-corrected chi connectivity index (χ3v) is 4.28. The normalized spacial score (nSPS) is 17.0. The van der Waals surface area contributed by atoms with Crippen LogP contribution < -0.4 is 10.2 Å². The number of amides is 2. The van der Waals surface area contributed by atoms with E-state index in [1.54, 1.807) is 30.3 Å². The van der Waals surface area contributed by atoms with E-state index in [-0.39, 0.29) is 10.7 Å². The van der Waals surface area contributed by atoms with E-state index in [1.165, 1.54) is 16.2 Å². The molecule has 1 fully saturated rings. The first-order chi connectivity index (χ1) is 10.6. The Hall–Kier alpha value is -2.02. The molecule has 3 rings (SSSR count). The van der Waals surface area contributed by atoms with Gasteiger partial charge in [-0.15, -0.1) is 0 Å². The van der Waals surface area contributed by atoms with Crippen LogP contribution in [0.2, 0.25) is 5.02 Å². The van der Waals surface area contributed by atoms with Crippen molar-refractivity contribution in [1.82, 2.24) is 5.32 Å². The zero-order valence-electron chi connectivity index (χ0n) is 11.1. The van der Waals surface area contributed by atoms with Crippen molar-refractivity contribution in [2.75, 3.05) is 4.90 Å². The van der Waals surface area contributed by atoms with Crippen molar-refractivity contribution in [3.63, 3.8) is 0 Å². The summed E-state index contributed by atoms with van der Waals surface area (Å²) in [7, 11) is 0. The monoisotopic (exact) mass is 348 g/mol. The largest absolute Gasteiger partial charge is 0.298 e. The number of nitrogens with zero attached hydrogens (tertiary/aromatic N) is 1. The number of hydrogen-bond donors (Lipinski definition) is 1. The molecule has 0 aliphatic carbocycles. The van der Waals surface area contributed by atoms with Crippen LogP contribution in [-0.4, -0.2) is 16.9 Å². The van der Waals surface area contributed by atoms with Gasteiger partial charge in [-0.05, 0) is 64.9 Å². The van der Waals surface area contributed by atoms with E-state index in [2.05, 4.69) is 5.32 Å². The number of thiocarbonyl (C=S) groups is 1.